The number of hydrogen-bond donors (Lipinski definition) is 2. The Balaban J connectivity index is 1.26. The maximum Gasteiger partial charge on any atom is 0.293 e. The lowest BCUT2D eigenvalue weighted by molar-refractivity contribution is -0.384. The first kappa shape index (κ1) is 21.9. The molecule has 172 valence electrons. The van der Waals surface area contributed by atoms with Gasteiger partial charge >= 0.3 is 0 Å². The molecule has 10 nitrogen and oxygen atoms in total. The van der Waals surface area contributed by atoms with Crippen molar-refractivity contribution in [1.29, 1.82) is 0 Å². The molecular formula is C24H16N6O4S. The summed E-state index contributed by atoms with van der Waals surface area (Å²) in [7, 11) is 0. The average Bonchev–Trinajstić information content (AvgIpc) is 3.52. The van der Waals surface area contributed by atoms with Gasteiger partial charge in [-0.1, -0.05) is 30.3 Å². The average molecular weight is 484 g/mol. The van der Waals surface area contributed by atoms with Crippen molar-refractivity contribution < 1.29 is 14.1 Å². The number of amides is 1. The van der Waals surface area contributed by atoms with Gasteiger partial charge in [-0.05, 0) is 54.7 Å². The molecule has 0 spiro atoms. The van der Waals surface area contributed by atoms with Gasteiger partial charge in [-0.25, -0.2) is 0 Å². The molecule has 2 heterocycles. The molecule has 0 fully saturated rings. The predicted octanol–water partition coefficient (Wildman–Crippen LogP) is 4.72. The monoisotopic (exact) mass is 484 g/mol. The molecule has 2 N–H and O–H groups in total. The maximum absolute atomic E-state index is 12.6. The van der Waals surface area contributed by atoms with Crippen LogP contribution >= 0.6 is 12.2 Å². The Morgan fingerprint density at radius 3 is 2.54 bits per heavy atom. The molecule has 3 aromatic carbocycles. The SMILES string of the molecule is O=C(NC(=S)Nc1ccc2nn(-c3ccccc3)nc2c1)c1ccc(-c2cccc([N+](=O)[O-])c2)o1. The predicted molar refractivity (Wildman–Crippen MR) is 133 cm³/mol. The van der Waals surface area contributed by atoms with Gasteiger partial charge in [0.25, 0.3) is 11.6 Å². The van der Waals surface area contributed by atoms with E-state index in [1.165, 1.54) is 18.2 Å². The number of nitro benzene ring substituents is 1. The van der Waals surface area contributed by atoms with Gasteiger partial charge in [-0.2, -0.15) is 4.80 Å². The molecule has 0 bridgehead atoms. The molecule has 0 aliphatic rings. The van der Waals surface area contributed by atoms with Crippen molar-refractivity contribution in [2.75, 3.05) is 5.32 Å². The third kappa shape index (κ3) is 4.75. The second-order valence-electron chi connectivity index (χ2n) is 7.41. The van der Waals surface area contributed by atoms with Crippen LogP contribution in [0.5, 0.6) is 0 Å². The quantitative estimate of drug-likeness (QED) is 0.208. The summed E-state index contributed by atoms with van der Waals surface area (Å²) in [6, 6.07) is 23.9. The molecule has 11 heteroatoms. The number of aromatic nitrogens is 3. The Bertz CT molecular complexity index is 1580. The summed E-state index contributed by atoms with van der Waals surface area (Å²) in [6.07, 6.45) is 0. The number of carbonyl (C=O) groups is 1. The number of fused-ring (bicyclic) bond motifs is 1. The van der Waals surface area contributed by atoms with Crippen LogP contribution < -0.4 is 10.6 Å². The summed E-state index contributed by atoms with van der Waals surface area (Å²) in [5.74, 6) is -0.225. The zero-order valence-electron chi connectivity index (χ0n) is 17.9. The molecule has 35 heavy (non-hydrogen) atoms. The third-order valence-corrected chi connectivity index (χ3v) is 5.23. The molecule has 0 saturated heterocycles. The van der Waals surface area contributed by atoms with E-state index in [2.05, 4.69) is 20.8 Å². The molecule has 0 aliphatic carbocycles. The van der Waals surface area contributed by atoms with Crippen LogP contribution in [0.3, 0.4) is 0 Å². The van der Waals surface area contributed by atoms with Gasteiger partial charge < -0.3 is 9.73 Å². The summed E-state index contributed by atoms with van der Waals surface area (Å²) in [4.78, 5) is 24.6. The summed E-state index contributed by atoms with van der Waals surface area (Å²) in [5.41, 5.74) is 3.23. The number of non-ortho nitro benzene ring substituents is 1. The van der Waals surface area contributed by atoms with Crippen molar-refractivity contribution in [3.05, 3.63) is 101 Å². The van der Waals surface area contributed by atoms with Gasteiger partial charge in [0.15, 0.2) is 10.9 Å². The van der Waals surface area contributed by atoms with Crippen LogP contribution in [0.2, 0.25) is 0 Å². The molecule has 0 saturated carbocycles. The molecular weight excluding hydrogens is 468 g/mol. The Labute approximate surface area is 203 Å². The van der Waals surface area contributed by atoms with E-state index in [0.717, 1.165) is 5.69 Å². The number of rotatable bonds is 5. The van der Waals surface area contributed by atoms with Crippen LogP contribution in [0.4, 0.5) is 11.4 Å². The molecule has 5 rings (SSSR count). The molecule has 2 aromatic heterocycles. The van der Waals surface area contributed by atoms with E-state index in [4.69, 9.17) is 16.6 Å². The van der Waals surface area contributed by atoms with Crippen molar-refractivity contribution in [1.82, 2.24) is 20.3 Å². The van der Waals surface area contributed by atoms with E-state index in [9.17, 15) is 14.9 Å². The first-order valence-electron chi connectivity index (χ1n) is 10.4. The lowest BCUT2D eigenvalue weighted by atomic mass is 10.1. The molecule has 0 radical (unpaired) electrons. The van der Waals surface area contributed by atoms with Gasteiger partial charge in [0.05, 0.1) is 10.6 Å². The third-order valence-electron chi connectivity index (χ3n) is 5.02. The minimum Gasteiger partial charge on any atom is -0.451 e. The van der Waals surface area contributed by atoms with Crippen LogP contribution in [0.1, 0.15) is 10.6 Å². The minimum atomic E-state index is -0.560. The number of nitrogens with zero attached hydrogens (tertiary/aromatic N) is 4. The smallest absolute Gasteiger partial charge is 0.293 e. The number of nitrogens with one attached hydrogen (secondary N) is 2. The number of hydrogen-bond acceptors (Lipinski definition) is 7. The largest absolute Gasteiger partial charge is 0.451 e. The summed E-state index contributed by atoms with van der Waals surface area (Å²) in [6.45, 7) is 0. The van der Waals surface area contributed by atoms with Crippen LogP contribution in [-0.2, 0) is 0 Å². The van der Waals surface area contributed by atoms with Crippen LogP contribution in [-0.4, -0.2) is 30.9 Å². The van der Waals surface area contributed by atoms with Crippen LogP contribution in [0.15, 0.2) is 89.3 Å². The normalized spacial score (nSPS) is 10.7. The summed E-state index contributed by atoms with van der Waals surface area (Å²) < 4.78 is 5.58. The fourth-order valence-corrected chi connectivity index (χ4v) is 3.59. The first-order chi connectivity index (χ1) is 17.0. The van der Waals surface area contributed by atoms with E-state index in [0.29, 0.717) is 28.0 Å². The second-order valence-corrected chi connectivity index (χ2v) is 7.82. The maximum atomic E-state index is 12.6. The van der Waals surface area contributed by atoms with Crippen molar-refractivity contribution >= 4 is 45.6 Å². The molecule has 0 unspecified atom stereocenters. The Kier molecular flexibility index (Phi) is 5.73. The topological polar surface area (TPSA) is 128 Å². The highest BCUT2D eigenvalue weighted by Crippen LogP contribution is 2.26. The molecule has 5 aromatic rings. The zero-order chi connectivity index (χ0) is 24.4. The number of anilines is 1. The molecule has 0 aliphatic heterocycles. The highest BCUT2D eigenvalue weighted by Gasteiger charge is 2.16. The van der Waals surface area contributed by atoms with E-state index in [-0.39, 0.29) is 16.6 Å². The van der Waals surface area contributed by atoms with Gasteiger partial charge in [0.2, 0.25) is 0 Å². The zero-order valence-corrected chi connectivity index (χ0v) is 18.7. The van der Waals surface area contributed by atoms with Crippen molar-refractivity contribution in [2.24, 2.45) is 0 Å². The van der Waals surface area contributed by atoms with Crippen molar-refractivity contribution in [2.45, 2.75) is 0 Å². The lowest BCUT2D eigenvalue weighted by Gasteiger charge is -2.08. The number of para-hydroxylation sites is 1. The number of thiocarbonyl (C=S) groups is 1. The molecule has 0 atom stereocenters. The van der Waals surface area contributed by atoms with E-state index >= 15 is 0 Å². The van der Waals surface area contributed by atoms with Gasteiger partial charge in [0, 0.05) is 23.4 Å². The Morgan fingerprint density at radius 1 is 0.943 bits per heavy atom. The van der Waals surface area contributed by atoms with E-state index < -0.39 is 10.8 Å². The lowest BCUT2D eigenvalue weighted by Crippen LogP contribution is -2.33. The minimum absolute atomic E-state index is 0.0110. The van der Waals surface area contributed by atoms with E-state index in [1.54, 1.807) is 41.2 Å². The summed E-state index contributed by atoms with van der Waals surface area (Å²) in [5, 5.41) is 25.5. The standard InChI is InChI=1S/C24H16N6O4S/c31-23(22-12-11-21(34-22)15-5-4-8-18(13-15)30(32)33)26-24(35)25-16-9-10-19-20(14-16)28-29(27-19)17-6-2-1-3-7-17/h1-14H,(H2,25,26,31,35). The highest BCUT2D eigenvalue weighted by atomic mass is 32.1. The Morgan fingerprint density at radius 2 is 1.74 bits per heavy atom. The van der Waals surface area contributed by atoms with E-state index in [1.807, 2.05) is 30.3 Å². The second kappa shape index (κ2) is 9.15. The highest BCUT2D eigenvalue weighted by molar-refractivity contribution is 7.80. The number of nitro groups is 1. The Hall–Kier alpha value is -4.90. The van der Waals surface area contributed by atoms with Crippen molar-refractivity contribution in [3.8, 4) is 17.0 Å². The molecule has 1 amide bonds. The fraction of sp³-hybridized carbons (Fsp3) is 0. The van der Waals surface area contributed by atoms with Crippen LogP contribution in [0.25, 0.3) is 28.0 Å². The van der Waals surface area contributed by atoms with Crippen molar-refractivity contribution in [3.63, 3.8) is 0 Å². The van der Waals surface area contributed by atoms with Gasteiger partial charge in [-0.15, -0.1) is 10.2 Å². The van der Waals surface area contributed by atoms with Gasteiger partial charge in [-0.3, -0.25) is 20.2 Å². The van der Waals surface area contributed by atoms with Gasteiger partial charge in [0.1, 0.15) is 16.8 Å². The van der Waals surface area contributed by atoms with Crippen LogP contribution in [0, 0.1) is 10.1 Å². The number of furan rings is 1. The first-order valence-corrected chi connectivity index (χ1v) is 10.8. The summed E-state index contributed by atoms with van der Waals surface area (Å²) >= 11 is 5.26. The fourth-order valence-electron chi connectivity index (χ4n) is 3.38. The number of carbonyl (C=O) groups excluding carboxylic acids is 1. The number of benzene rings is 3.